The molecule has 4 nitrogen and oxygen atoms in total. The van der Waals surface area contributed by atoms with Crippen LogP contribution in [0.25, 0.3) is 21.5 Å². The van der Waals surface area contributed by atoms with E-state index in [0.29, 0.717) is 17.1 Å². The minimum atomic E-state index is 0.167. The molecule has 0 spiro atoms. The van der Waals surface area contributed by atoms with Crippen molar-refractivity contribution < 1.29 is 10.2 Å². The van der Waals surface area contributed by atoms with Gasteiger partial charge in [-0.15, -0.1) is 0 Å². The van der Waals surface area contributed by atoms with Gasteiger partial charge in [0.05, 0.1) is 17.1 Å². The third-order valence-electron chi connectivity index (χ3n) is 4.22. The summed E-state index contributed by atoms with van der Waals surface area (Å²) < 4.78 is 0. The van der Waals surface area contributed by atoms with Crippen LogP contribution in [0.15, 0.2) is 66.7 Å². The topological polar surface area (TPSA) is 78.5 Å². The fourth-order valence-electron chi connectivity index (χ4n) is 2.94. The molecule has 4 aromatic rings. The average molecular weight is 316 g/mol. The van der Waals surface area contributed by atoms with Crippen molar-refractivity contribution in [1.82, 2.24) is 0 Å². The highest BCUT2D eigenvalue weighted by Gasteiger charge is 2.10. The molecule has 0 saturated heterocycles. The number of rotatable bonds is 2. The third kappa shape index (κ3) is 2.25. The zero-order valence-electron chi connectivity index (χ0n) is 12.8. The van der Waals surface area contributed by atoms with Gasteiger partial charge in [-0.3, -0.25) is 0 Å². The molecule has 4 aromatic carbocycles. The van der Waals surface area contributed by atoms with Gasteiger partial charge in [-0.05, 0) is 35.0 Å². The van der Waals surface area contributed by atoms with Crippen molar-refractivity contribution in [2.75, 3.05) is 11.1 Å². The van der Waals surface area contributed by atoms with Gasteiger partial charge >= 0.3 is 0 Å². The quantitative estimate of drug-likeness (QED) is 0.318. The molecule has 0 aliphatic heterocycles. The van der Waals surface area contributed by atoms with Gasteiger partial charge in [-0.25, -0.2) is 0 Å². The summed E-state index contributed by atoms with van der Waals surface area (Å²) in [7, 11) is 0. The Bertz CT molecular complexity index is 1070. The smallest absolute Gasteiger partial charge is 0.146 e. The average Bonchev–Trinajstić information content (AvgIpc) is 2.60. The Labute approximate surface area is 138 Å². The molecule has 0 heterocycles. The van der Waals surface area contributed by atoms with Crippen molar-refractivity contribution in [3.8, 4) is 11.5 Å². The highest BCUT2D eigenvalue weighted by Crippen LogP contribution is 2.37. The van der Waals surface area contributed by atoms with Crippen molar-refractivity contribution in [3.63, 3.8) is 0 Å². The van der Waals surface area contributed by atoms with E-state index in [0.717, 1.165) is 21.5 Å². The first kappa shape index (κ1) is 14.2. The van der Waals surface area contributed by atoms with E-state index in [1.54, 1.807) is 12.1 Å². The number of nitrogens with one attached hydrogen (secondary N) is 1. The molecule has 0 saturated carbocycles. The van der Waals surface area contributed by atoms with Crippen LogP contribution in [-0.2, 0) is 0 Å². The molecule has 0 amide bonds. The molecule has 118 valence electrons. The monoisotopic (exact) mass is 316 g/mol. The molecule has 0 radical (unpaired) electrons. The van der Waals surface area contributed by atoms with Crippen LogP contribution >= 0.6 is 0 Å². The SMILES string of the molecule is Nc1c(Nc2ccc3ccccc3c2O)ccc2ccc(O)cc12. The molecule has 0 aliphatic carbocycles. The lowest BCUT2D eigenvalue weighted by Gasteiger charge is -2.14. The van der Waals surface area contributed by atoms with Crippen LogP contribution in [0.3, 0.4) is 0 Å². The van der Waals surface area contributed by atoms with E-state index in [9.17, 15) is 10.2 Å². The number of fused-ring (bicyclic) bond motifs is 2. The maximum absolute atomic E-state index is 10.5. The first-order valence-corrected chi connectivity index (χ1v) is 7.62. The van der Waals surface area contributed by atoms with Crippen molar-refractivity contribution in [3.05, 3.63) is 66.7 Å². The Balaban J connectivity index is 1.82. The lowest BCUT2D eigenvalue weighted by molar-refractivity contribution is 0.476. The summed E-state index contributed by atoms with van der Waals surface area (Å²) in [5, 5.41) is 26.8. The van der Waals surface area contributed by atoms with Crippen LogP contribution in [0.1, 0.15) is 0 Å². The summed E-state index contributed by atoms with van der Waals surface area (Å²) >= 11 is 0. The lowest BCUT2D eigenvalue weighted by Crippen LogP contribution is -1.97. The number of nitrogen functional groups attached to an aromatic ring is 1. The van der Waals surface area contributed by atoms with E-state index >= 15 is 0 Å². The van der Waals surface area contributed by atoms with E-state index in [1.807, 2.05) is 54.6 Å². The molecule has 0 fully saturated rings. The molecule has 4 rings (SSSR count). The minimum absolute atomic E-state index is 0.167. The molecule has 0 unspecified atom stereocenters. The van der Waals surface area contributed by atoms with Crippen LogP contribution in [0.2, 0.25) is 0 Å². The van der Waals surface area contributed by atoms with E-state index in [-0.39, 0.29) is 11.5 Å². The molecule has 5 N–H and O–H groups in total. The van der Waals surface area contributed by atoms with Crippen LogP contribution < -0.4 is 11.1 Å². The van der Waals surface area contributed by atoms with Gasteiger partial charge in [0, 0.05) is 10.8 Å². The number of nitrogens with two attached hydrogens (primary N) is 1. The van der Waals surface area contributed by atoms with Gasteiger partial charge in [-0.1, -0.05) is 42.5 Å². The number of anilines is 3. The maximum Gasteiger partial charge on any atom is 0.146 e. The van der Waals surface area contributed by atoms with E-state index in [1.165, 1.54) is 0 Å². The van der Waals surface area contributed by atoms with Crippen molar-refractivity contribution in [2.24, 2.45) is 0 Å². The molecule has 4 heteroatoms. The van der Waals surface area contributed by atoms with Gasteiger partial charge < -0.3 is 21.3 Å². The number of aromatic hydroxyl groups is 2. The van der Waals surface area contributed by atoms with Crippen LogP contribution in [0, 0.1) is 0 Å². The van der Waals surface area contributed by atoms with E-state index in [4.69, 9.17) is 5.73 Å². The maximum atomic E-state index is 10.5. The first-order chi connectivity index (χ1) is 11.6. The largest absolute Gasteiger partial charge is 0.508 e. The van der Waals surface area contributed by atoms with Gasteiger partial charge in [0.2, 0.25) is 0 Å². The summed E-state index contributed by atoms with van der Waals surface area (Å²) in [5.41, 5.74) is 8.03. The summed E-state index contributed by atoms with van der Waals surface area (Å²) in [6.07, 6.45) is 0. The van der Waals surface area contributed by atoms with E-state index in [2.05, 4.69) is 5.32 Å². The van der Waals surface area contributed by atoms with Gasteiger partial charge in [-0.2, -0.15) is 0 Å². The fourth-order valence-corrected chi connectivity index (χ4v) is 2.94. The Kier molecular flexibility index (Phi) is 3.17. The number of benzene rings is 4. The summed E-state index contributed by atoms with van der Waals surface area (Å²) in [5.74, 6) is 0.350. The molecule has 0 bridgehead atoms. The Morgan fingerprint density at radius 2 is 1.38 bits per heavy atom. The second-order valence-corrected chi connectivity index (χ2v) is 5.74. The molecule has 0 atom stereocenters. The highest BCUT2D eigenvalue weighted by molar-refractivity contribution is 6.01. The number of hydrogen-bond acceptors (Lipinski definition) is 4. The van der Waals surface area contributed by atoms with E-state index < -0.39 is 0 Å². The zero-order valence-corrected chi connectivity index (χ0v) is 12.8. The zero-order chi connectivity index (χ0) is 16.7. The summed E-state index contributed by atoms with van der Waals surface area (Å²) in [6, 6.07) is 20.3. The summed E-state index contributed by atoms with van der Waals surface area (Å²) in [6.45, 7) is 0. The standard InChI is InChI=1S/C20H16N2O2/c21-19-16-11-14(23)8-5-13(16)6-9-17(19)22-18-10-7-12-3-1-2-4-15(12)20(18)24/h1-11,22-24H,21H2. The normalized spacial score (nSPS) is 11.0. The molecule has 0 aromatic heterocycles. The predicted octanol–water partition coefficient (Wildman–Crippen LogP) is 4.73. The van der Waals surface area contributed by atoms with Gasteiger partial charge in [0.1, 0.15) is 11.5 Å². The Morgan fingerprint density at radius 1 is 0.708 bits per heavy atom. The second kappa shape index (κ2) is 5.35. The number of phenolic OH excluding ortho intramolecular Hbond substituents is 2. The van der Waals surface area contributed by atoms with Crippen LogP contribution in [0.5, 0.6) is 11.5 Å². The molecular formula is C20H16N2O2. The van der Waals surface area contributed by atoms with Crippen molar-refractivity contribution in [2.45, 2.75) is 0 Å². The molecule has 0 aliphatic rings. The fraction of sp³-hybridized carbons (Fsp3) is 0. The summed E-state index contributed by atoms with van der Waals surface area (Å²) in [4.78, 5) is 0. The Hall–Kier alpha value is -3.40. The second-order valence-electron chi connectivity index (χ2n) is 5.74. The van der Waals surface area contributed by atoms with Gasteiger partial charge in [0.15, 0.2) is 0 Å². The van der Waals surface area contributed by atoms with Crippen molar-refractivity contribution >= 4 is 38.6 Å². The van der Waals surface area contributed by atoms with Gasteiger partial charge in [0.25, 0.3) is 0 Å². The highest BCUT2D eigenvalue weighted by atomic mass is 16.3. The predicted molar refractivity (Wildman–Crippen MR) is 98.9 cm³/mol. The van der Waals surface area contributed by atoms with Crippen LogP contribution in [0.4, 0.5) is 17.1 Å². The number of phenols is 2. The first-order valence-electron chi connectivity index (χ1n) is 7.62. The minimum Gasteiger partial charge on any atom is -0.508 e. The Morgan fingerprint density at radius 3 is 2.21 bits per heavy atom. The van der Waals surface area contributed by atoms with Crippen molar-refractivity contribution in [1.29, 1.82) is 0 Å². The molecular weight excluding hydrogens is 300 g/mol. The van der Waals surface area contributed by atoms with Crippen LogP contribution in [-0.4, -0.2) is 10.2 Å². The lowest BCUT2D eigenvalue weighted by atomic mass is 10.1. The molecule has 24 heavy (non-hydrogen) atoms. The third-order valence-corrected chi connectivity index (χ3v) is 4.22. The number of hydrogen-bond donors (Lipinski definition) is 4.